The van der Waals surface area contributed by atoms with Gasteiger partial charge in [-0.05, 0) is 36.7 Å². The molecule has 0 aliphatic heterocycles. The van der Waals surface area contributed by atoms with Gasteiger partial charge in [0.2, 0.25) is 0 Å². The van der Waals surface area contributed by atoms with Crippen molar-refractivity contribution < 1.29 is 5.11 Å². The molecule has 4 atom stereocenters. The quantitative estimate of drug-likeness (QED) is 0.806. The standard InChI is InChI=1S/C18H22O/c1-3-10-18(19)13-14-9-11-17(18,2)16(12-14)15-7-5-4-6-8-15/h3-9,11,14,16,19H,1,10,12-13H2,2H3/t14-,16-,17+,18+/m0/s1. The minimum Gasteiger partial charge on any atom is -0.389 e. The van der Waals surface area contributed by atoms with Crippen LogP contribution in [0.5, 0.6) is 0 Å². The summed E-state index contributed by atoms with van der Waals surface area (Å²) in [7, 11) is 0. The minimum absolute atomic E-state index is 0.183. The third kappa shape index (κ3) is 1.80. The molecule has 4 rings (SSSR count). The molecule has 3 aliphatic rings. The van der Waals surface area contributed by atoms with Gasteiger partial charge >= 0.3 is 0 Å². The maximum Gasteiger partial charge on any atom is 0.0780 e. The highest BCUT2D eigenvalue weighted by atomic mass is 16.3. The summed E-state index contributed by atoms with van der Waals surface area (Å²) >= 11 is 0. The lowest BCUT2D eigenvalue weighted by Gasteiger charge is -2.57. The monoisotopic (exact) mass is 254 g/mol. The van der Waals surface area contributed by atoms with E-state index in [0.29, 0.717) is 18.3 Å². The summed E-state index contributed by atoms with van der Waals surface area (Å²) in [6.45, 7) is 6.04. The van der Waals surface area contributed by atoms with Crippen LogP contribution in [0.1, 0.15) is 37.7 Å². The largest absolute Gasteiger partial charge is 0.389 e. The average molecular weight is 254 g/mol. The van der Waals surface area contributed by atoms with Crippen molar-refractivity contribution >= 4 is 0 Å². The van der Waals surface area contributed by atoms with Crippen LogP contribution in [0.15, 0.2) is 55.1 Å². The van der Waals surface area contributed by atoms with Gasteiger partial charge in [-0.3, -0.25) is 0 Å². The number of aliphatic hydroxyl groups is 1. The van der Waals surface area contributed by atoms with Crippen molar-refractivity contribution in [2.24, 2.45) is 11.3 Å². The summed E-state index contributed by atoms with van der Waals surface area (Å²) in [5, 5.41) is 11.1. The van der Waals surface area contributed by atoms with Crippen LogP contribution < -0.4 is 0 Å². The molecule has 1 aromatic carbocycles. The van der Waals surface area contributed by atoms with Crippen molar-refractivity contribution in [3.05, 3.63) is 60.7 Å². The van der Waals surface area contributed by atoms with Crippen molar-refractivity contribution in [1.29, 1.82) is 0 Å². The molecule has 0 radical (unpaired) electrons. The Hall–Kier alpha value is -1.34. The maximum absolute atomic E-state index is 11.1. The summed E-state index contributed by atoms with van der Waals surface area (Å²) < 4.78 is 0. The molecule has 3 aliphatic carbocycles. The van der Waals surface area contributed by atoms with Gasteiger partial charge in [-0.1, -0.05) is 55.5 Å². The molecular formula is C18H22O. The van der Waals surface area contributed by atoms with Crippen molar-refractivity contribution in [3.8, 4) is 0 Å². The summed E-state index contributed by atoms with van der Waals surface area (Å²) in [5.41, 5.74) is 0.519. The minimum atomic E-state index is -0.646. The van der Waals surface area contributed by atoms with Gasteiger partial charge in [0.15, 0.2) is 0 Å². The number of rotatable bonds is 3. The van der Waals surface area contributed by atoms with Gasteiger partial charge in [0.05, 0.1) is 5.60 Å². The molecule has 0 amide bonds. The fourth-order valence-corrected chi connectivity index (χ4v) is 4.07. The number of benzene rings is 1. The first-order valence-corrected chi connectivity index (χ1v) is 7.17. The number of hydrogen-bond donors (Lipinski definition) is 1. The summed E-state index contributed by atoms with van der Waals surface area (Å²) in [4.78, 5) is 0. The Bertz CT molecular complexity index is 504. The Morgan fingerprint density at radius 1 is 1.37 bits per heavy atom. The molecule has 1 N–H and O–H groups in total. The van der Waals surface area contributed by atoms with E-state index in [1.807, 2.05) is 6.08 Å². The topological polar surface area (TPSA) is 20.2 Å². The van der Waals surface area contributed by atoms with E-state index >= 15 is 0 Å². The van der Waals surface area contributed by atoms with E-state index in [1.165, 1.54) is 5.56 Å². The first kappa shape index (κ1) is 12.7. The van der Waals surface area contributed by atoms with E-state index in [-0.39, 0.29) is 5.41 Å². The van der Waals surface area contributed by atoms with Gasteiger partial charge in [-0.2, -0.15) is 0 Å². The molecule has 1 nitrogen and oxygen atoms in total. The van der Waals surface area contributed by atoms with Crippen molar-refractivity contribution in [2.45, 2.75) is 37.7 Å². The molecule has 1 fully saturated rings. The van der Waals surface area contributed by atoms with E-state index in [1.54, 1.807) is 0 Å². The number of fused-ring (bicyclic) bond motifs is 2. The van der Waals surface area contributed by atoms with Crippen molar-refractivity contribution in [1.82, 2.24) is 0 Å². The molecule has 1 heteroatoms. The second kappa shape index (κ2) is 4.35. The van der Waals surface area contributed by atoms with Crippen LogP contribution in [-0.4, -0.2) is 10.7 Å². The van der Waals surface area contributed by atoms with Crippen LogP contribution in [0.4, 0.5) is 0 Å². The van der Waals surface area contributed by atoms with Crippen LogP contribution in [0.2, 0.25) is 0 Å². The Labute approximate surface area is 115 Å². The van der Waals surface area contributed by atoms with Gasteiger partial charge in [-0.25, -0.2) is 0 Å². The third-order valence-electron chi connectivity index (χ3n) is 5.26. The van der Waals surface area contributed by atoms with Crippen LogP contribution in [0.25, 0.3) is 0 Å². The predicted molar refractivity (Wildman–Crippen MR) is 78.9 cm³/mol. The zero-order chi connectivity index (χ0) is 13.5. The Morgan fingerprint density at radius 2 is 2.11 bits per heavy atom. The Morgan fingerprint density at radius 3 is 2.79 bits per heavy atom. The molecule has 0 heterocycles. The molecule has 1 aromatic rings. The van der Waals surface area contributed by atoms with Crippen LogP contribution in [0, 0.1) is 11.3 Å². The van der Waals surface area contributed by atoms with Crippen molar-refractivity contribution in [2.75, 3.05) is 0 Å². The second-order valence-electron chi connectivity index (χ2n) is 6.33. The molecule has 1 saturated carbocycles. The van der Waals surface area contributed by atoms with E-state index < -0.39 is 5.60 Å². The zero-order valence-corrected chi connectivity index (χ0v) is 11.5. The smallest absolute Gasteiger partial charge is 0.0780 e. The number of hydrogen-bond acceptors (Lipinski definition) is 1. The molecule has 100 valence electrons. The SMILES string of the molecule is C=CC[C@@]1(O)C[C@H]2C=C[C@]1(C)[C@H](c1ccccc1)C2. The molecule has 0 aromatic heterocycles. The first-order chi connectivity index (χ1) is 9.09. The number of allylic oxidation sites excluding steroid dienone is 1. The zero-order valence-electron chi connectivity index (χ0n) is 11.5. The summed E-state index contributed by atoms with van der Waals surface area (Å²) in [6.07, 6.45) is 9.12. The van der Waals surface area contributed by atoms with Gasteiger partial charge in [-0.15, -0.1) is 6.58 Å². The Balaban J connectivity index is 2.05. The predicted octanol–water partition coefficient (Wildman–Crippen LogP) is 4.06. The second-order valence-corrected chi connectivity index (χ2v) is 6.33. The normalized spacial score (nSPS) is 40.3. The lowest BCUT2D eigenvalue weighted by molar-refractivity contribution is -0.109. The van der Waals surface area contributed by atoms with E-state index in [2.05, 4.69) is 56.0 Å². The van der Waals surface area contributed by atoms with Crippen LogP contribution in [0.3, 0.4) is 0 Å². The third-order valence-corrected chi connectivity index (χ3v) is 5.26. The highest BCUT2D eigenvalue weighted by Gasteiger charge is 2.56. The summed E-state index contributed by atoms with van der Waals surface area (Å²) in [5.74, 6) is 0.902. The molecule has 0 spiro atoms. The fourth-order valence-electron chi connectivity index (χ4n) is 4.07. The van der Waals surface area contributed by atoms with Crippen LogP contribution in [-0.2, 0) is 0 Å². The van der Waals surface area contributed by atoms with Crippen molar-refractivity contribution in [3.63, 3.8) is 0 Å². The molecular weight excluding hydrogens is 232 g/mol. The average Bonchev–Trinajstić information content (AvgIpc) is 2.41. The van der Waals surface area contributed by atoms with Gasteiger partial charge in [0.1, 0.15) is 0 Å². The van der Waals surface area contributed by atoms with Gasteiger partial charge in [0, 0.05) is 5.41 Å². The lowest BCUT2D eigenvalue weighted by atomic mass is 9.50. The molecule has 0 unspecified atom stereocenters. The molecule has 19 heavy (non-hydrogen) atoms. The first-order valence-electron chi connectivity index (χ1n) is 7.17. The van der Waals surface area contributed by atoms with Gasteiger partial charge in [0.25, 0.3) is 0 Å². The lowest BCUT2D eigenvalue weighted by Crippen LogP contribution is -2.55. The molecule has 2 bridgehead atoms. The van der Waals surface area contributed by atoms with E-state index in [9.17, 15) is 5.11 Å². The van der Waals surface area contributed by atoms with E-state index in [0.717, 1.165) is 12.8 Å². The molecule has 0 saturated heterocycles. The van der Waals surface area contributed by atoms with Crippen LogP contribution >= 0.6 is 0 Å². The Kier molecular flexibility index (Phi) is 2.90. The summed E-state index contributed by atoms with van der Waals surface area (Å²) in [6, 6.07) is 10.6. The highest BCUT2D eigenvalue weighted by molar-refractivity contribution is 5.33. The maximum atomic E-state index is 11.1. The fraction of sp³-hybridized carbons (Fsp3) is 0.444. The highest BCUT2D eigenvalue weighted by Crippen LogP contribution is 2.60. The van der Waals surface area contributed by atoms with E-state index in [4.69, 9.17) is 0 Å². The van der Waals surface area contributed by atoms with Gasteiger partial charge < -0.3 is 5.11 Å².